The van der Waals surface area contributed by atoms with Crippen LogP contribution in [0.25, 0.3) is 0 Å². The second-order valence-electron chi connectivity index (χ2n) is 5.90. The number of benzene rings is 2. The smallest absolute Gasteiger partial charge is 0.291 e. The highest BCUT2D eigenvalue weighted by molar-refractivity contribution is 9.10. The normalized spacial score (nSPS) is 12.2. The van der Waals surface area contributed by atoms with E-state index in [1.54, 1.807) is 42.5 Å². The van der Waals surface area contributed by atoms with Gasteiger partial charge in [0, 0.05) is 10.0 Å². The first-order valence-electron chi connectivity index (χ1n) is 8.48. The number of nitrogens with one attached hydrogen (secondary N) is 2. The van der Waals surface area contributed by atoms with Crippen LogP contribution in [0.5, 0.6) is 11.5 Å². The van der Waals surface area contributed by atoms with Gasteiger partial charge in [0.05, 0.1) is 23.7 Å². The average Bonchev–Trinajstić information content (AvgIpc) is 3.40. The summed E-state index contributed by atoms with van der Waals surface area (Å²) in [6, 6.07) is 13.3. The van der Waals surface area contributed by atoms with Crippen LogP contribution in [0.15, 0.2) is 68.8 Å². The minimum absolute atomic E-state index is 0.144. The molecule has 1 aliphatic rings. The minimum atomic E-state index is -0.478. The quantitative estimate of drug-likeness (QED) is 0.450. The molecule has 0 fully saturated rings. The first-order chi connectivity index (χ1) is 14.1. The fourth-order valence-corrected chi connectivity index (χ4v) is 3.06. The number of fused-ring (bicyclic) bond motifs is 1. The molecule has 146 valence electrons. The van der Waals surface area contributed by atoms with E-state index in [0.29, 0.717) is 22.7 Å². The number of ether oxygens (including phenoxy) is 2. The summed E-state index contributed by atoms with van der Waals surface area (Å²) in [5.41, 5.74) is 3.75. The highest BCUT2D eigenvalue weighted by atomic mass is 79.9. The van der Waals surface area contributed by atoms with Crippen molar-refractivity contribution in [2.75, 3.05) is 12.1 Å². The number of furan rings is 1. The van der Waals surface area contributed by atoms with Crippen LogP contribution in [0.1, 0.15) is 26.5 Å². The Hall–Kier alpha value is -3.59. The van der Waals surface area contributed by atoms with Crippen LogP contribution in [-0.2, 0) is 0 Å². The Morgan fingerprint density at radius 1 is 1.03 bits per heavy atom. The molecule has 0 atom stereocenters. The Kier molecular flexibility index (Phi) is 5.30. The number of carbonyl (C=O) groups is 2. The molecule has 0 radical (unpaired) electrons. The molecule has 29 heavy (non-hydrogen) atoms. The number of para-hydroxylation sites is 1. The number of rotatable bonds is 5. The third-order valence-electron chi connectivity index (χ3n) is 4.03. The zero-order valence-electron chi connectivity index (χ0n) is 14.8. The van der Waals surface area contributed by atoms with Gasteiger partial charge in [-0.3, -0.25) is 9.59 Å². The zero-order valence-corrected chi connectivity index (χ0v) is 16.4. The van der Waals surface area contributed by atoms with Crippen molar-refractivity contribution >= 4 is 39.6 Å². The zero-order chi connectivity index (χ0) is 20.2. The molecule has 0 unspecified atom stereocenters. The fraction of sp³-hybridized carbons (Fsp3) is 0.0500. The molecule has 9 heteroatoms. The van der Waals surface area contributed by atoms with Gasteiger partial charge < -0.3 is 19.2 Å². The Labute approximate surface area is 173 Å². The molecule has 0 spiro atoms. The summed E-state index contributed by atoms with van der Waals surface area (Å²) in [7, 11) is 0. The van der Waals surface area contributed by atoms with Gasteiger partial charge >= 0.3 is 0 Å². The molecule has 0 saturated carbocycles. The first kappa shape index (κ1) is 18.8. The summed E-state index contributed by atoms with van der Waals surface area (Å²) in [5.74, 6) is 0.452. The second-order valence-corrected chi connectivity index (χ2v) is 6.76. The maximum atomic E-state index is 12.5. The van der Waals surface area contributed by atoms with Crippen molar-refractivity contribution < 1.29 is 23.5 Å². The van der Waals surface area contributed by atoms with E-state index in [2.05, 4.69) is 31.8 Å². The Morgan fingerprint density at radius 3 is 2.62 bits per heavy atom. The maximum absolute atomic E-state index is 12.5. The number of anilines is 1. The van der Waals surface area contributed by atoms with Gasteiger partial charge in [0.1, 0.15) is 0 Å². The lowest BCUT2D eigenvalue weighted by atomic mass is 10.1. The van der Waals surface area contributed by atoms with Crippen LogP contribution < -0.4 is 20.2 Å². The van der Waals surface area contributed by atoms with Crippen molar-refractivity contribution in [1.29, 1.82) is 0 Å². The number of hydrogen-bond acceptors (Lipinski definition) is 6. The number of carbonyl (C=O) groups excluding carboxylic acids is 2. The average molecular weight is 456 g/mol. The summed E-state index contributed by atoms with van der Waals surface area (Å²) in [4.78, 5) is 24.7. The number of nitrogens with zero attached hydrogens (tertiary/aromatic N) is 1. The third-order valence-corrected chi connectivity index (χ3v) is 4.71. The topological polar surface area (TPSA) is 102 Å². The van der Waals surface area contributed by atoms with E-state index in [-0.39, 0.29) is 18.1 Å². The number of hydrazone groups is 1. The fourth-order valence-electron chi connectivity index (χ4n) is 2.63. The minimum Gasteiger partial charge on any atom is -0.459 e. The van der Waals surface area contributed by atoms with Crippen LogP contribution in [0.3, 0.4) is 0 Å². The second kappa shape index (κ2) is 8.19. The molecule has 2 aromatic carbocycles. The van der Waals surface area contributed by atoms with Gasteiger partial charge in [-0.15, -0.1) is 0 Å². The Morgan fingerprint density at radius 2 is 1.83 bits per heavy atom. The first-order valence-corrected chi connectivity index (χ1v) is 9.27. The highest BCUT2D eigenvalue weighted by Crippen LogP contribution is 2.36. The van der Waals surface area contributed by atoms with Gasteiger partial charge in [-0.05, 0) is 52.3 Å². The number of halogens is 1. The van der Waals surface area contributed by atoms with Crippen LogP contribution in [0, 0.1) is 0 Å². The van der Waals surface area contributed by atoms with E-state index in [0.717, 1.165) is 4.47 Å². The lowest BCUT2D eigenvalue weighted by Gasteiger charge is -2.09. The lowest BCUT2D eigenvalue weighted by Crippen LogP contribution is -2.21. The van der Waals surface area contributed by atoms with Crippen molar-refractivity contribution in [2.45, 2.75) is 0 Å². The molecule has 1 aliphatic heterocycles. The third kappa shape index (κ3) is 4.14. The predicted molar refractivity (Wildman–Crippen MR) is 108 cm³/mol. The molecule has 1 aromatic heterocycles. The van der Waals surface area contributed by atoms with Gasteiger partial charge in [-0.25, -0.2) is 5.43 Å². The standard InChI is InChI=1S/C20H14BrN3O5/c21-14-9-18-17(28-11-29-18)8-12(14)10-22-24-19(25)13-4-1-2-5-15(13)23-20(26)16-6-3-7-27-16/h1-10H,11H2,(H,23,26)(H,24,25). The van der Waals surface area contributed by atoms with Crippen molar-refractivity contribution in [3.05, 3.63) is 76.2 Å². The summed E-state index contributed by atoms with van der Waals surface area (Å²) < 4.78 is 16.4. The number of amides is 2. The molecular weight excluding hydrogens is 442 g/mol. The molecule has 0 bridgehead atoms. The monoisotopic (exact) mass is 455 g/mol. The Balaban J connectivity index is 1.47. The van der Waals surface area contributed by atoms with Crippen LogP contribution >= 0.6 is 15.9 Å². The number of hydrogen-bond donors (Lipinski definition) is 2. The van der Waals surface area contributed by atoms with E-state index in [9.17, 15) is 9.59 Å². The largest absolute Gasteiger partial charge is 0.459 e. The lowest BCUT2D eigenvalue weighted by molar-refractivity contribution is 0.0956. The van der Waals surface area contributed by atoms with Crippen molar-refractivity contribution in [2.24, 2.45) is 5.10 Å². The highest BCUT2D eigenvalue weighted by Gasteiger charge is 2.17. The molecule has 2 N–H and O–H groups in total. The van der Waals surface area contributed by atoms with Crippen LogP contribution in [0.2, 0.25) is 0 Å². The van der Waals surface area contributed by atoms with E-state index in [1.807, 2.05) is 0 Å². The summed E-state index contributed by atoms with van der Waals surface area (Å²) in [5, 5.41) is 6.65. The molecule has 2 heterocycles. The summed E-state index contributed by atoms with van der Waals surface area (Å²) >= 11 is 3.42. The predicted octanol–water partition coefficient (Wildman–Crippen LogP) is 3.79. The van der Waals surface area contributed by atoms with E-state index in [4.69, 9.17) is 13.9 Å². The van der Waals surface area contributed by atoms with Crippen molar-refractivity contribution in [1.82, 2.24) is 5.43 Å². The van der Waals surface area contributed by atoms with Gasteiger partial charge in [-0.1, -0.05) is 12.1 Å². The molecule has 3 aromatic rings. The van der Waals surface area contributed by atoms with Gasteiger partial charge in [0.25, 0.3) is 11.8 Å². The van der Waals surface area contributed by atoms with Crippen molar-refractivity contribution in [3.63, 3.8) is 0 Å². The Bertz CT molecular complexity index is 1100. The van der Waals surface area contributed by atoms with E-state index in [1.165, 1.54) is 18.5 Å². The van der Waals surface area contributed by atoms with Gasteiger partial charge in [0.2, 0.25) is 6.79 Å². The molecule has 8 nitrogen and oxygen atoms in total. The van der Waals surface area contributed by atoms with E-state index >= 15 is 0 Å². The van der Waals surface area contributed by atoms with E-state index < -0.39 is 11.8 Å². The molecule has 0 saturated heterocycles. The maximum Gasteiger partial charge on any atom is 0.291 e. The van der Waals surface area contributed by atoms with Gasteiger partial charge in [-0.2, -0.15) is 5.10 Å². The summed E-state index contributed by atoms with van der Waals surface area (Å²) in [6.07, 6.45) is 2.88. The van der Waals surface area contributed by atoms with Crippen LogP contribution in [-0.4, -0.2) is 24.8 Å². The van der Waals surface area contributed by atoms with Gasteiger partial charge in [0.15, 0.2) is 17.3 Å². The molecule has 2 amide bonds. The summed E-state index contributed by atoms with van der Waals surface area (Å²) in [6.45, 7) is 0.166. The van der Waals surface area contributed by atoms with Crippen LogP contribution in [0.4, 0.5) is 5.69 Å². The molecular formula is C20H14BrN3O5. The van der Waals surface area contributed by atoms with Crippen molar-refractivity contribution in [3.8, 4) is 11.5 Å². The SMILES string of the molecule is O=C(Nc1ccccc1C(=O)NN=Cc1cc2c(cc1Br)OCO2)c1ccco1. The molecule has 4 rings (SSSR count). The molecule has 0 aliphatic carbocycles.